The highest BCUT2D eigenvalue weighted by atomic mass is 16.7. The number of amides is 1. The Morgan fingerprint density at radius 3 is 1.14 bits per heavy atom. The van der Waals surface area contributed by atoms with Gasteiger partial charge in [0, 0.05) is 6.42 Å². The summed E-state index contributed by atoms with van der Waals surface area (Å²) >= 11 is 0. The number of hydrogen-bond donors (Lipinski definition) is 6. The molecule has 7 unspecified atom stereocenters. The number of aliphatic hydroxyl groups is 5. The van der Waals surface area contributed by atoms with Crippen molar-refractivity contribution in [3.05, 3.63) is 24.3 Å². The molecule has 9 nitrogen and oxygen atoms in total. The molecule has 9 heteroatoms. The standard InChI is InChI=1S/C62H119NO8/c1-3-5-7-9-11-13-15-17-19-21-23-25-27-28-29-30-32-34-36-38-40-42-44-46-48-50-52-58(66)63-55(54-70-62-61(69)60(68)59(67)57(53-64)71-62)56(65)51-49-47-45-43-41-39-37-35-33-31-26-24-22-20-18-16-14-12-10-8-6-4-2/h28-29,49,51,55-57,59-62,64-65,67-69H,3-27,30-48,50,52-54H2,1-2H3,(H,63,66)/b29-28-,51-49+. The minimum Gasteiger partial charge on any atom is -0.394 e. The Kier molecular flexibility index (Phi) is 49.7. The van der Waals surface area contributed by atoms with E-state index in [1.54, 1.807) is 6.08 Å². The number of unbranched alkanes of at least 4 members (excludes halogenated alkanes) is 42. The fourth-order valence-electron chi connectivity index (χ4n) is 10.1. The van der Waals surface area contributed by atoms with E-state index in [2.05, 4.69) is 31.3 Å². The molecular formula is C62H119NO8. The summed E-state index contributed by atoms with van der Waals surface area (Å²) in [6.07, 6.45) is 59.7. The van der Waals surface area contributed by atoms with Gasteiger partial charge in [-0.05, 0) is 44.9 Å². The summed E-state index contributed by atoms with van der Waals surface area (Å²) in [5.74, 6) is -0.173. The normalized spacial score (nSPS) is 19.3. The average molecular weight is 1010 g/mol. The van der Waals surface area contributed by atoms with Crippen LogP contribution in [0.5, 0.6) is 0 Å². The van der Waals surface area contributed by atoms with Gasteiger partial charge in [0.15, 0.2) is 6.29 Å². The maximum atomic E-state index is 13.1. The van der Waals surface area contributed by atoms with Crippen LogP contribution >= 0.6 is 0 Å². The number of aliphatic hydroxyl groups excluding tert-OH is 5. The SMILES string of the molecule is CCCCCCCCCCCCCC/C=C\CCCCCCCCCCCCC(=O)NC(COC1OC(CO)C(O)C(O)C1O)C(O)/C=C/CCCCCCCCCCCCCCCCCCCCCC. The predicted molar refractivity (Wildman–Crippen MR) is 300 cm³/mol. The van der Waals surface area contributed by atoms with Gasteiger partial charge in [-0.2, -0.15) is 0 Å². The van der Waals surface area contributed by atoms with Crippen molar-refractivity contribution in [3.63, 3.8) is 0 Å². The van der Waals surface area contributed by atoms with Gasteiger partial charge in [0.2, 0.25) is 5.91 Å². The first kappa shape index (κ1) is 67.7. The molecule has 1 amide bonds. The third kappa shape index (κ3) is 41.6. The lowest BCUT2D eigenvalue weighted by Crippen LogP contribution is -2.60. The van der Waals surface area contributed by atoms with Gasteiger partial charge in [0.05, 0.1) is 25.4 Å². The van der Waals surface area contributed by atoms with E-state index < -0.39 is 49.5 Å². The summed E-state index contributed by atoms with van der Waals surface area (Å²) < 4.78 is 11.3. The van der Waals surface area contributed by atoms with Crippen LogP contribution < -0.4 is 5.32 Å². The van der Waals surface area contributed by atoms with Crippen molar-refractivity contribution in [2.24, 2.45) is 0 Å². The lowest BCUT2D eigenvalue weighted by molar-refractivity contribution is -0.302. The molecule has 1 fully saturated rings. The van der Waals surface area contributed by atoms with Crippen LogP contribution in [0.4, 0.5) is 0 Å². The quantitative estimate of drug-likeness (QED) is 0.0261. The molecule has 1 rings (SSSR count). The topological polar surface area (TPSA) is 149 Å². The van der Waals surface area contributed by atoms with E-state index in [-0.39, 0.29) is 12.5 Å². The number of rotatable bonds is 54. The Balaban J connectivity index is 2.19. The molecule has 420 valence electrons. The number of carbonyl (C=O) groups excluding carboxylic acids is 1. The summed E-state index contributed by atoms with van der Waals surface area (Å²) in [5, 5.41) is 54.6. The molecule has 1 heterocycles. The molecule has 0 aliphatic carbocycles. The highest BCUT2D eigenvalue weighted by molar-refractivity contribution is 5.76. The maximum Gasteiger partial charge on any atom is 0.220 e. The molecule has 6 N–H and O–H groups in total. The van der Waals surface area contributed by atoms with Gasteiger partial charge in [-0.1, -0.05) is 282 Å². The zero-order valence-electron chi connectivity index (χ0n) is 46.8. The molecule has 0 aromatic rings. The van der Waals surface area contributed by atoms with E-state index >= 15 is 0 Å². The van der Waals surface area contributed by atoms with Crippen molar-refractivity contribution >= 4 is 5.91 Å². The van der Waals surface area contributed by atoms with E-state index in [0.29, 0.717) is 6.42 Å². The van der Waals surface area contributed by atoms with E-state index in [4.69, 9.17) is 9.47 Å². The zero-order chi connectivity index (χ0) is 51.5. The second-order valence-corrected chi connectivity index (χ2v) is 21.9. The molecule has 0 aromatic carbocycles. The maximum absolute atomic E-state index is 13.1. The first-order chi connectivity index (χ1) is 34.8. The highest BCUT2D eigenvalue weighted by Gasteiger charge is 2.44. The molecule has 0 aromatic heterocycles. The molecule has 71 heavy (non-hydrogen) atoms. The Bertz CT molecular complexity index is 1170. The van der Waals surface area contributed by atoms with Crippen LogP contribution in [0.25, 0.3) is 0 Å². The summed E-state index contributed by atoms with van der Waals surface area (Å²) in [6, 6.07) is -0.805. The number of hydrogen-bond acceptors (Lipinski definition) is 8. The predicted octanol–water partition coefficient (Wildman–Crippen LogP) is 15.7. The van der Waals surface area contributed by atoms with Crippen molar-refractivity contribution in [3.8, 4) is 0 Å². The second-order valence-electron chi connectivity index (χ2n) is 21.9. The van der Waals surface area contributed by atoms with Crippen molar-refractivity contribution < 1.29 is 39.8 Å². The summed E-state index contributed by atoms with van der Waals surface area (Å²) in [4.78, 5) is 13.1. The van der Waals surface area contributed by atoms with Gasteiger partial charge in [0.25, 0.3) is 0 Å². The minimum absolute atomic E-state index is 0.173. The van der Waals surface area contributed by atoms with Crippen LogP contribution in [0.1, 0.15) is 309 Å². The molecule has 0 bridgehead atoms. The van der Waals surface area contributed by atoms with Gasteiger partial charge in [-0.3, -0.25) is 4.79 Å². The van der Waals surface area contributed by atoms with Crippen LogP contribution in [0.3, 0.4) is 0 Å². The van der Waals surface area contributed by atoms with Gasteiger partial charge in [-0.25, -0.2) is 0 Å². The highest BCUT2D eigenvalue weighted by Crippen LogP contribution is 2.23. The van der Waals surface area contributed by atoms with E-state index in [1.165, 1.54) is 250 Å². The van der Waals surface area contributed by atoms with Crippen LogP contribution in [0, 0.1) is 0 Å². The smallest absolute Gasteiger partial charge is 0.220 e. The van der Waals surface area contributed by atoms with Gasteiger partial charge in [-0.15, -0.1) is 0 Å². The molecule has 7 atom stereocenters. The minimum atomic E-state index is -1.57. The van der Waals surface area contributed by atoms with Crippen molar-refractivity contribution in [1.29, 1.82) is 0 Å². The second kappa shape index (κ2) is 52.1. The summed E-state index contributed by atoms with van der Waals surface area (Å²) in [7, 11) is 0. The van der Waals surface area contributed by atoms with Crippen molar-refractivity contribution in [1.82, 2.24) is 5.32 Å². The number of ether oxygens (including phenoxy) is 2. The number of nitrogens with one attached hydrogen (secondary N) is 1. The first-order valence-corrected chi connectivity index (χ1v) is 31.1. The van der Waals surface area contributed by atoms with Gasteiger partial charge in [0.1, 0.15) is 24.4 Å². The Morgan fingerprint density at radius 2 is 0.789 bits per heavy atom. The number of allylic oxidation sites excluding steroid dienone is 3. The fourth-order valence-corrected chi connectivity index (χ4v) is 10.1. The van der Waals surface area contributed by atoms with Gasteiger partial charge >= 0.3 is 0 Å². The molecule has 1 aliphatic rings. The third-order valence-electron chi connectivity index (χ3n) is 15.0. The summed E-state index contributed by atoms with van der Waals surface area (Å²) in [5.41, 5.74) is 0. The lowest BCUT2D eigenvalue weighted by Gasteiger charge is -2.40. The van der Waals surface area contributed by atoms with Crippen molar-refractivity contribution in [2.75, 3.05) is 13.2 Å². The molecule has 0 spiro atoms. The Hall–Kier alpha value is -1.33. The van der Waals surface area contributed by atoms with Crippen molar-refractivity contribution in [2.45, 2.75) is 352 Å². The zero-order valence-corrected chi connectivity index (χ0v) is 46.8. The van der Waals surface area contributed by atoms with Crippen LogP contribution in [0.2, 0.25) is 0 Å². The molecule has 1 aliphatic heterocycles. The lowest BCUT2D eigenvalue weighted by atomic mass is 9.99. The first-order valence-electron chi connectivity index (χ1n) is 31.1. The third-order valence-corrected chi connectivity index (χ3v) is 15.0. The van der Waals surface area contributed by atoms with Crippen LogP contribution in [-0.2, 0) is 14.3 Å². The molecule has 0 saturated carbocycles. The Morgan fingerprint density at radius 1 is 0.465 bits per heavy atom. The Labute approximate surface area is 439 Å². The molecule has 0 radical (unpaired) electrons. The average Bonchev–Trinajstić information content (AvgIpc) is 3.37. The fraction of sp³-hybridized carbons (Fsp3) is 0.919. The van der Waals surface area contributed by atoms with Crippen LogP contribution in [0.15, 0.2) is 24.3 Å². The van der Waals surface area contributed by atoms with E-state index in [1.807, 2.05) is 6.08 Å². The van der Waals surface area contributed by atoms with Gasteiger partial charge < -0.3 is 40.3 Å². The van der Waals surface area contributed by atoms with Crippen LogP contribution in [-0.4, -0.2) is 87.5 Å². The summed E-state index contributed by atoms with van der Waals surface area (Å²) in [6.45, 7) is 3.82. The van der Waals surface area contributed by atoms with E-state index in [0.717, 1.165) is 38.5 Å². The molecule has 1 saturated heterocycles. The monoisotopic (exact) mass is 1010 g/mol. The number of carbonyl (C=O) groups is 1. The van der Waals surface area contributed by atoms with E-state index in [9.17, 15) is 30.3 Å². The largest absolute Gasteiger partial charge is 0.394 e. The molecular weight excluding hydrogens is 887 g/mol.